The highest BCUT2D eigenvalue weighted by molar-refractivity contribution is 9.10. The molecule has 1 aliphatic carbocycles. The van der Waals surface area contributed by atoms with Gasteiger partial charge in [0, 0.05) is 15.4 Å². The molecule has 1 heterocycles. The van der Waals surface area contributed by atoms with E-state index in [9.17, 15) is 5.11 Å². The van der Waals surface area contributed by atoms with Crippen molar-refractivity contribution in [1.29, 1.82) is 0 Å². The van der Waals surface area contributed by atoms with E-state index in [1.54, 1.807) is 6.07 Å². The van der Waals surface area contributed by atoms with E-state index in [-0.39, 0.29) is 5.75 Å². The highest BCUT2D eigenvalue weighted by Crippen LogP contribution is 2.42. The SMILES string of the molecule is C[C@H]1CCc2c(c(-c3cc(Br)ccc3O)nc3ccc4ccccc4c23)C1. The predicted octanol–water partition coefficient (Wildman–Crippen LogP) is 6.65. The maximum Gasteiger partial charge on any atom is 0.125 e. The summed E-state index contributed by atoms with van der Waals surface area (Å²) in [6.45, 7) is 2.31. The molecule has 0 fully saturated rings. The molecule has 0 saturated carbocycles. The van der Waals surface area contributed by atoms with E-state index in [0.29, 0.717) is 5.92 Å². The van der Waals surface area contributed by atoms with E-state index in [1.165, 1.54) is 33.7 Å². The van der Waals surface area contributed by atoms with E-state index in [4.69, 9.17) is 4.98 Å². The summed E-state index contributed by atoms with van der Waals surface area (Å²) < 4.78 is 0.952. The maximum absolute atomic E-state index is 10.5. The molecule has 0 radical (unpaired) electrons. The van der Waals surface area contributed by atoms with E-state index in [0.717, 1.165) is 34.1 Å². The zero-order valence-corrected chi connectivity index (χ0v) is 16.8. The molecule has 0 amide bonds. The van der Waals surface area contributed by atoms with Crippen LogP contribution in [0.4, 0.5) is 0 Å². The fourth-order valence-electron chi connectivity index (χ4n) is 4.41. The fourth-order valence-corrected chi connectivity index (χ4v) is 4.77. The van der Waals surface area contributed by atoms with Gasteiger partial charge in [0.05, 0.1) is 11.2 Å². The third-order valence-electron chi connectivity index (χ3n) is 5.74. The Balaban J connectivity index is 1.91. The first kappa shape index (κ1) is 16.8. The van der Waals surface area contributed by atoms with Crippen molar-refractivity contribution in [3.63, 3.8) is 0 Å². The van der Waals surface area contributed by atoms with E-state index in [1.807, 2.05) is 12.1 Å². The van der Waals surface area contributed by atoms with Crippen LogP contribution >= 0.6 is 15.9 Å². The van der Waals surface area contributed by atoms with Gasteiger partial charge in [-0.25, -0.2) is 4.98 Å². The number of phenolic OH excluding ortho intramolecular Hbond substituents is 1. The van der Waals surface area contributed by atoms with Gasteiger partial charge in [-0.1, -0.05) is 53.2 Å². The Bertz CT molecular complexity index is 1200. The first-order valence-electron chi connectivity index (χ1n) is 9.44. The van der Waals surface area contributed by atoms with Crippen LogP contribution in [0.15, 0.2) is 59.1 Å². The summed E-state index contributed by atoms with van der Waals surface area (Å²) in [5.41, 5.74) is 5.45. The van der Waals surface area contributed by atoms with Gasteiger partial charge in [0.15, 0.2) is 0 Å². The average Bonchev–Trinajstić information content (AvgIpc) is 2.68. The molecular weight excluding hydrogens is 398 g/mol. The Morgan fingerprint density at radius 2 is 1.89 bits per heavy atom. The fraction of sp³-hybridized carbons (Fsp3) is 0.208. The van der Waals surface area contributed by atoms with Crippen molar-refractivity contribution in [3.8, 4) is 17.0 Å². The number of benzene rings is 3. The quantitative estimate of drug-likeness (QED) is 0.351. The topological polar surface area (TPSA) is 33.1 Å². The van der Waals surface area contributed by atoms with E-state index in [2.05, 4.69) is 59.3 Å². The Labute approximate surface area is 167 Å². The summed E-state index contributed by atoms with van der Waals surface area (Å²) in [6.07, 6.45) is 3.26. The molecule has 0 unspecified atom stereocenters. The molecule has 3 aromatic carbocycles. The first-order chi connectivity index (χ1) is 13.1. The van der Waals surface area contributed by atoms with Crippen LogP contribution in [0, 0.1) is 5.92 Å². The van der Waals surface area contributed by atoms with Crippen LogP contribution in [-0.4, -0.2) is 10.1 Å². The molecule has 1 aromatic heterocycles. The lowest BCUT2D eigenvalue weighted by Crippen LogP contribution is -2.14. The molecule has 1 atom stereocenters. The normalized spacial score (nSPS) is 16.6. The van der Waals surface area contributed by atoms with Crippen molar-refractivity contribution in [2.45, 2.75) is 26.2 Å². The number of nitrogens with zero attached hydrogens (tertiary/aromatic N) is 1. The van der Waals surface area contributed by atoms with Crippen LogP contribution < -0.4 is 0 Å². The smallest absolute Gasteiger partial charge is 0.125 e. The highest BCUT2D eigenvalue weighted by Gasteiger charge is 2.24. The molecule has 134 valence electrons. The number of pyridine rings is 1. The van der Waals surface area contributed by atoms with Crippen molar-refractivity contribution >= 4 is 37.6 Å². The molecule has 3 heteroatoms. The second kappa shape index (κ2) is 6.35. The van der Waals surface area contributed by atoms with Gasteiger partial charge in [0.2, 0.25) is 0 Å². The lowest BCUT2D eigenvalue weighted by Gasteiger charge is -2.26. The molecule has 0 spiro atoms. The van der Waals surface area contributed by atoms with Crippen LogP contribution in [0.3, 0.4) is 0 Å². The highest BCUT2D eigenvalue weighted by atomic mass is 79.9. The predicted molar refractivity (Wildman–Crippen MR) is 115 cm³/mol. The van der Waals surface area contributed by atoms with E-state index < -0.39 is 0 Å². The standard InChI is InChI=1S/C24H20BrNO/c1-14-6-9-18-19(12-14)24(20-13-16(25)8-11-22(20)27)26-21-10-7-15-4-2-3-5-17(15)23(18)21/h2-5,7-8,10-11,13-14,27H,6,9,12H2,1H3/t14-/m0/s1. The zero-order valence-electron chi connectivity index (χ0n) is 15.2. The molecule has 2 nitrogen and oxygen atoms in total. The number of phenols is 1. The minimum absolute atomic E-state index is 0.284. The number of fused-ring (bicyclic) bond motifs is 5. The monoisotopic (exact) mass is 417 g/mol. The van der Waals surface area contributed by atoms with Gasteiger partial charge in [-0.15, -0.1) is 0 Å². The van der Waals surface area contributed by atoms with Crippen LogP contribution in [0.1, 0.15) is 24.5 Å². The van der Waals surface area contributed by atoms with Crippen LogP contribution in [0.25, 0.3) is 32.9 Å². The Kier molecular flexibility index (Phi) is 3.94. The zero-order chi connectivity index (χ0) is 18.5. The van der Waals surface area contributed by atoms with Crippen molar-refractivity contribution < 1.29 is 5.11 Å². The number of hydrogen-bond acceptors (Lipinski definition) is 2. The Hall–Kier alpha value is -2.39. The molecule has 0 aliphatic heterocycles. The van der Waals surface area contributed by atoms with Crippen LogP contribution in [-0.2, 0) is 12.8 Å². The van der Waals surface area contributed by atoms with Gasteiger partial charge in [-0.3, -0.25) is 0 Å². The first-order valence-corrected chi connectivity index (χ1v) is 10.2. The third kappa shape index (κ3) is 2.72. The number of halogens is 1. The van der Waals surface area contributed by atoms with Crippen molar-refractivity contribution in [1.82, 2.24) is 4.98 Å². The third-order valence-corrected chi connectivity index (χ3v) is 6.24. The largest absolute Gasteiger partial charge is 0.507 e. The van der Waals surface area contributed by atoms with Crippen molar-refractivity contribution in [3.05, 3.63) is 70.2 Å². The van der Waals surface area contributed by atoms with Crippen LogP contribution in [0.2, 0.25) is 0 Å². The van der Waals surface area contributed by atoms with Gasteiger partial charge >= 0.3 is 0 Å². The second-order valence-corrected chi connectivity index (χ2v) is 8.52. The van der Waals surface area contributed by atoms with Crippen molar-refractivity contribution in [2.24, 2.45) is 5.92 Å². The number of aryl methyl sites for hydroxylation is 1. The molecule has 0 bridgehead atoms. The second-order valence-electron chi connectivity index (χ2n) is 7.61. The van der Waals surface area contributed by atoms with Gasteiger partial charge in [0.25, 0.3) is 0 Å². The summed E-state index contributed by atoms with van der Waals surface area (Å²) in [5.74, 6) is 0.908. The maximum atomic E-state index is 10.5. The molecular formula is C24H20BrNO. The lowest BCUT2D eigenvalue weighted by molar-refractivity contribution is 0.476. The van der Waals surface area contributed by atoms with Gasteiger partial charge in [0.1, 0.15) is 5.75 Å². The number of aromatic nitrogens is 1. The van der Waals surface area contributed by atoms with Crippen LogP contribution in [0.5, 0.6) is 5.75 Å². The molecule has 4 aromatic rings. The summed E-state index contributed by atoms with van der Waals surface area (Å²) in [6, 6.07) is 18.4. The minimum atomic E-state index is 0.284. The minimum Gasteiger partial charge on any atom is -0.507 e. The van der Waals surface area contributed by atoms with Gasteiger partial charge < -0.3 is 5.11 Å². The summed E-state index contributed by atoms with van der Waals surface area (Å²) >= 11 is 3.54. The summed E-state index contributed by atoms with van der Waals surface area (Å²) in [4.78, 5) is 5.06. The average molecular weight is 418 g/mol. The number of hydrogen-bond donors (Lipinski definition) is 1. The summed E-state index contributed by atoms with van der Waals surface area (Å²) in [5, 5.41) is 14.4. The number of aromatic hydroxyl groups is 1. The Morgan fingerprint density at radius 3 is 2.78 bits per heavy atom. The molecule has 1 N–H and O–H groups in total. The molecule has 27 heavy (non-hydrogen) atoms. The molecule has 5 rings (SSSR count). The van der Waals surface area contributed by atoms with Gasteiger partial charge in [-0.2, -0.15) is 0 Å². The summed E-state index contributed by atoms with van der Waals surface area (Å²) in [7, 11) is 0. The lowest BCUT2D eigenvalue weighted by atomic mass is 9.80. The molecule has 1 aliphatic rings. The number of rotatable bonds is 1. The van der Waals surface area contributed by atoms with Gasteiger partial charge in [-0.05, 0) is 71.3 Å². The molecule has 0 saturated heterocycles. The van der Waals surface area contributed by atoms with E-state index >= 15 is 0 Å². The Morgan fingerprint density at radius 1 is 1.04 bits per heavy atom. The van der Waals surface area contributed by atoms with Crippen molar-refractivity contribution in [2.75, 3.05) is 0 Å².